The number of aromatic nitrogens is 2. The Hall–Kier alpha value is -2.04. The van der Waals surface area contributed by atoms with Gasteiger partial charge in [-0.05, 0) is 34.6 Å². The van der Waals surface area contributed by atoms with Crippen molar-refractivity contribution in [2.45, 2.75) is 34.6 Å². The van der Waals surface area contributed by atoms with Gasteiger partial charge in [-0.2, -0.15) is 5.10 Å². The predicted octanol–water partition coefficient (Wildman–Crippen LogP) is 2.80. The third-order valence-electron chi connectivity index (χ3n) is 3.16. The molecular weight excluding hydrogens is 230 g/mol. The standard InChI is InChI=1S/C13H17N3O2/c1-6-9(4)18-10(5)11(6)13(17)14-12-7(2)15-16-8(12)3/h1-5H3,(H,14,17)(H,15,16). The van der Waals surface area contributed by atoms with Crippen molar-refractivity contribution in [1.29, 1.82) is 0 Å². The monoisotopic (exact) mass is 247 g/mol. The maximum absolute atomic E-state index is 12.3. The number of hydrogen-bond acceptors (Lipinski definition) is 3. The zero-order valence-corrected chi connectivity index (χ0v) is 11.3. The van der Waals surface area contributed by atoms with Gasteiger partial charge in [0.2, 0.25) is 0 Å². The van der Waals surface area contributed by atoms with Crippen LogP contribution in [0.25, 0.3) is 0 Å². The number of furan rings is 1. The van der Waals surface area contributed by atoms with Crippen LogP contribution in [0.2, 0.25) is 0 Å². The summed E-state index contributed by atoms with van der Waals surface area (Å²) >= 11 is 0. The largest absolute Gasteiger partial charge is 0.466 e. The smallest absolute Gasteiger partial charge is 0.259 e. The second-order valence-electron chi connectivity index (χ2n) is 4.48. The minimum absolute atomic E-state index is 0.158. The number of aryl methyl sites for hydroxylation is 4. The maximum Gasteiger partial charge on any atom is 0.259 e. The summed E-state index contributed by atoms with van der Waals surface area (Å²) in [6.45, 7) is 9.25. The van der Waals surface area contributed by atoms with Gasteiger partial charge in [0.05, 0.1) is 22.6 Å². The van der Waals surface area contributed by atoms with Crippen molar-refractivity contribution < 1.29 is 9.21 Å². The summed E-state index contributed by atoms with van der Waals surface area (Å²) in [6, 6.07) is 0. The molecule has 0 aliphatic heterocycles. The molecule has 2 rings (SSSR count). The molecule has 2 N–H and O–H groups in total. The predicted molar refractivity (Wildman–Crippen MR) is 68.9 cm³/mol. The van der Waals surface area contributed by atoms with E-state index >= 15 is 0 Å². The Morgan fingerprint density at radius 3 is 2.28 bits per heavy atom. The molecule has 0 aliphatic carbocycles. The lowest BCUT2D eigenvalue weighted by atomic mass is 10.1. The molecule has 0 unspecified atom stereocenters. The average Bonchev–Trinajstić information content (AvgIpc) is 2.73. The molecule has 2 heterocycles. The summed E-state index contributed by atoms with van der Waals surface area (Å²) < 4.78 is 5.46. The van der Waals surface area contributed by atoms with Crippen LogP contribution in [-0.2, 0) is 0 Å². The van der Waals surface area contributed by atoms with Crippen LogP contribution >= 0.6 is 0 Å². The third kappa shape index (κ3) is 1.92. The second-order valence-corrected chi connectivity index (χ2v) is 4.48. The fourth-order valence-corrected chi connectivity index (χ4v) is 2.04. The van der Waals surface area contributed by atoms with Gasteiger partial charge in [-0.15, -0.1) is 0 Å². The van der Waals surface area contributed by atoms with Gasteiger partial charge in [0.15, 0.2) is 0 Å². The number of amides is 1. The number of carbonyl (C=O) groups is 1. The number of nitrogens with zero attached hydrogens (tertiary/aromatic N) is 1. The fraction of sp³-hybridized carbons (Fsp3) is 0.385. The molecule has 5 nitrogen and oxygen atoms in total. The van der Waals surface area contributed by atoms with Crippen molar-refractivity contribution >= 4 is 11.6 Å². The normalized spacial score (nSPS) is 10.7. The van der Waals surface area contributed by atoms with Crippen LogP contribution in [0.3, 0.4) is 0 Å². The quantitative estimate of drug-likeness (QED) is 0.857. The highest BCUT2D eigenvalue weighted by Gasteiger charge is 2.20. The van der Waals surface area contributed by atoms with Crippen molar-refractivity contribution in [2.24, 2.45) is 0 Å². The molecule has 0 spiro atoms. The highest BCUT2D eigenvalue weighted by molar-refractivity contribution is 6.06. The zero-order chi connectivity index (χ0) is 13.4. The Balaban J connectivity index is 2.33. The van der Waals surface area contributed by atoms with E-state index in [-0.39, 0.29) is 5.91 Å². The van der Waals surface area contributed by atoms with E-state index in [0.717, 1.165) is 28.4 Å². The van der Waals surface area contributed by atoms with Crippen molar-refractivity contribution in [3.63, 3.8) is 0 Å². The Morgan fingerprint density at radius 2 is 1.83 bits per heavy atom. The molecule has 0 radical (unpaired) electrons. The molecule has 0 fully saturated rings. The van der Waals surface area contributed by atoms with E-state index in [1.165, 1.54) is 0 Å². The minimum Gasteiger partial charge on any atom is -0.466 e. The number of carbonyl (C=O) groups excluding carboxylic acids is 1. The number of H-pyrrole nitrogens is 1. The Labute approximate surface area is 106 Å². The molecule has 1 amide bonds. The fourth-order valence-electron chi connectivity index (χ4n) is 2.04. The van der Waals surface area contributed by atoms with Crippen LogP contribution < -0.4 is 5.32 Å². The first-order valence-electron chi connectivity index (χ1n) is 5.81. The molecule has 18 heavy (non-hydrogen) atoms. The lowest BCUT2D eigenvalue weighted by molar-refractivity contribution is 0.102. The van der Waals surface area contributed by atoms with Gasteiger partial charge >= 0.3 is 0 Å². The topological polar surface area (TPSA) is 70.9 Å². The van der Waals surface area contributed by atoms with E-state index in [4.69, 9.17) is 4.42 Å². The summed E-state index contributed by atoms with van der Waals surface area (Å²) in [7, 11) is 0. The van der Waals surface area contributed by atoms with Gasteiger partial charge in [-0.1, -0.05) is 0 Å². The maximum atomic E-state index is 12.3. The van der Waals surface area contributed by atoms with Crippen LogP contribution in [0.5, 0.6) is 0 Å². The van der Waals surface area contributed by atoms with Gasteiger partial charge in [-0.3, -0.25) is 9.89 Å². The number of rotatable bonds is 2. The van der Waals surface area contributed by atoms with Crippen LogP contribution in [-0.4, -0.2) is 16.1 Å². The zero-order valence-electron chi connectivity index (χ0n) is 11.3. The minimum atomic E-state index is -0.158. The lowest BCUT2D eigenvalue weighted by Gasteiger charge is -2.05. The summed E-state index contributed by atoms with van der Waals surface area (Å²) in [6.07, 6.45) is 0. The number of aromatic amines is 1. The van der Waals surface area contributed by atoms with E-state index in [1.807, 2.05) is 27.7 Å². The van der Waals surface area contributed by atoms with Crippen molar-refractivity contribution in [2.75, 3.05) is 5.32 Å². The summed E-state index contributed by atoms with van der Waals surface area (Å²) in [5.41, 5.74) is 3.83. The third-order valence-corrected chi connectivity index (χ3v) is 3.16. The van der Waals surface area contributed by atoms with E-state index in [9.17, 15) is 4.79 Å². The second kappa shape index (κ2) is 4.33. The van der Waals surface area contributed by atoms with Gasteiger partial charge in [-0.25, -0.2) is 0 Å². The summed E-state index contributed by atoms with van der Waals surface area (Å²) in [4.78, 5) is 12.3. The molecule has 0 saturated heterocycles. The lowest BCUT2D eigenvalue weighted by Crippen LogP contribution is -2.14. The van der Waals surface area contributed by atoms with Crippen molar-refractivity contribution in [1.82, 2.24) is 10.2 Å². The van der Waals surface area contributed by atoms with Gasteiger partial charge < -0.3 is 9.73 Å². The molecule has 96 valence electrons. The highest BCUT2D eigenvalue weighted by atomic mass is 16.3. The number of nitrogens with one attached hydrogen (secondary N) is 2. The van der Waals surface area contributed by atoms with Gasteiger partial charge in [0.1, 0.15) is 11.5 Å². The molecule has 0 aromatic carbocycles. The van der Waals surface area contributed by atoms with E-state index in [0.29, 0.717) is 11.3 Å². The molecule has 0 saturated carbocycles. The highest BCUT2D eigenvalue weighted by Crippen LogP contribution is 2.23. The first-order chi connectivity index (χ1) is 8.41. The summed E-state index contributed by atoms with van der Waals surface area (Å²) in [5.74, 6) is 1.26. The first-order valence-corrected chi connectivity index (χ1v) is 5.81. The van der Waals surface area contributed by atoms with E-state index in [2.05, 4.69) is 15.5 Å². The Morgan fingerprint density at radius 1 is 1.17 bits per heavy atom. The molecule has 2 aromatic heterocycles. The van der Waals surface area contributed by atoms with E-state index in [1.54, 1.807) is 6.92 Å². The summed E-state index contributed by atoms with van der Waals surface area (Å²) in [5, 5.41) is 9.77. The Bertz CT molecular complexity index is 589. The number of anilines is 1. The van der Waals surface area contributed by atoms with Crippen LogP contribution in [0.1, 0.15) is 38.8 Å². The molecule has 0 atom stereocenters. The SMILES string of the molecule is Cc1n[nH]c(C)c1NC(=O)c1c(C)oc(C)c1C. The Kier molecular flexibility index (Phi) is 2.98. The van der Waals surface area contributed by atoms with Crippen molar-refractivity contribution in [3.05, 3.63) is 34.0 Å². The van der Waals surface area contributed by atoms with Gasteiger partial charge in [0.25, 0.3) is 5.91 Å². The van der Waals surface area contributed by atoms with Gasteiger partial charge in [0, 0.05) is 5.56 Å². The molecular formula is C13H17N3O2. The van der Waals surface area contributed by atoms with Crippen LogP contribution in [0, 0.1) is 34.6 Å². The van der Waals surface area contributed by atoms with Crippen molar-refractivity contribution in [3.8, 4) is 0 Å². The number of hydrogen-bond donors (Lipinski definition) is 2. The molecule has 2 aromatic rings. The first kappa shape index (κ1) is 12.4. The van der Waals surface area contributed by atoms with Crippen LogP contribution in [0.4, 0.5) is 5.69 Å². The van der Waals surface area contributed by atoms with E-state index < -0.39 is 0 Å². The molecule has 0 bridgehead atoms. The van der Waals surface area contributed by atoms with Crippen LogP contribution in [0.15, 0.2) is 4.42 Å². The molecule has 5 heteroatoms. The average molecular weight is 247 g/mol. The molecule has 0 aliphatic rings.